The van der Waals surface area contributed by atoms with E-state index in [0.717, 1.165) is 80.4 Å². The Bertz CT molecular complexity index is 990. The van der Waals surface area contributed by atoms with Crippen molar-refractivity contribution in [2.45, 2.75) is 89.1 Å². The Labute approximate surface area is 190 Å². The van der Waals surface area contributed by atoms with Gasteiger partial charge in [-0.15, -0.1) is 0 Å². The fourth-order valence-electron chi connectivity index (χ4n) is 5.29. The van der Waals surface area contributed by atoms with Crippen LogP contribution in [0.4, 0.5) is 0 Å². The van der Waals surface area contributed by atoms with Gasteiger partial charge in [-0.3, -0.25) is 9.59 Å². The van der Waals surface area contributed by atoms with E-state index in [2.05, 4.69) is 10.4 Å². The number of carbonyl (C=O) groups is 1. The molecular formula is C26H35N3O3. The van der Waals surface area contributed by atoms with Gasteiger partial charge in [-0.25, -0.2) is 4.68 Å². The Kier molecular flexibility index (Phi) is 6.97. The third kappa shape index (κ3) is 4.74. The number of benzene rings is 1. The Hall–Kier alpha value is -2.63. The lowest BCUT2D eigenvalue weighted by atomic mass is 9.68. The molecule has 1 aromatic carbocycles. The van der Waals surface area contributed by atoms with Crippen LogP contribution in [0.3, 0.4) is 0 Å². The molecule has 1 fully saturated rings. The van der Waals surface area contributed by atoms with E-state index in [0.29, 0.717) is 6.54 Å². The highest BCUT2D eigenvalue weighted by atomic mass is 16.5. The highest BCUT2D eigenvalue weighted by molar-refractivity contribution is 5.88. The zero-order chi connectivity index (χ0) is 22.6. The van der Waals surface area contributed by atoms with E-state index in [-0.39, 0.29) is 17.5 Å². The molecule has 0 spiro atoms. The first-order valence-electron chi connectivity index (χ1n) is 12.1. The normalized spacial score (nSPS) is 18.8. The largest absolute Gasteiger partial charge is 0.497 e. The number of methoxy groups -OCH3 is 1. The average Bonchev–Trinajstić information content (AvgIpc) is 3.04. The maximum Gasteiger partial charge on any atom is 0.267 e. The van der Waals surface area contributed by atoms with E-state index in [1.807, 2.05) is 31.2 Å². The van der Waals surface area contributed by atoms with Gasteiger partial charge in [-0.2, -0.15) is 5.10 Å². The molecule has 0 bridgehead atoms. The number of hydrogen-bond donors (Lipinski definition) is 1. The van der Waals surface area contributed by atoms with Crippen LogP contribution in [-0.4, -0.2) is 28.8 Å². The Morgan fingerprint density at radius 3 is 2.50 bits per heavy atom. The van der Waals surface area contributed by atoms with E-state index in [4.69, 9.17) is 4.74 Å². The molecule has 1 aromatic heterocycles. The molecule has 2 aliphatic rings. The minimum atomic E-state index is -0.523. The highest BCUT2D eigenvalue weighted by Gasteiger charge is 2.41. The summed E-state index contributed by atoms with van der Waals surface area (Å²) in [5, 5.41) is 7.88. The van der Waals surface area contributed by atoms with Crippen molar-refractivity contribution in [3.05, 3.63) is 57.5 Å². The van der Waals surface area contributed by atoms with Crippen molar-refractivity contribution in [2.24, 2.45) is 0 Å². The molecule has 1 saturated carbocycles. The molecule has 6 nitrogen and oxygen atoms in total. The number of amides is 1. The number of nitrogens with zero attached hydrogens (tertiary/aromatic N) is 2. The summed E-state index contributed by atoms with van der Waals surface area (Å²) >= 11 is 0. The molecule has 0 radical (unpaired) electrons. The zero-order valence-corrected chi connectivity index (χ0v) is 19.4. The molecular weight excluding hydrogens is 402 g/mol. The Balaban J connectivity index is 1.51. The number of rotatable bonds is 6. The molecule has 1 amide bonds. The summed E-state index contributed by atoms with van der Waals surface area (Å²) in [5.74, 6) is 0.847. The lowest BCUT2D eigenvalue weighted by Gasteiger charge is -2.37. The van der Waals surface area contributed by atoms with Crippen molar-refractivity contribution in [1.82, 2.24) is 15.1 Å². The van der Waals surface area contributed by atoms with Crippen LogP contribution in [0.2, 0.25) is 0 Å². The topological polar surface area (TPSA) is 73.2 Å². The van der Waals surface area contributed by atoms with Crippen molar-refractivity contribution in [1.29, 1.82) is 0 Å². The lowest BCUT2D eigenvalue weighted by Crippen LogP contribution is -2.50. The van der Waals surface area contributed by atoms with Crippen molar-refractivity contribution in [3.8, 4) is 5.75 Å². The van der Waals surface area contributed by atoms with Gasteiger partial charge in [0, 0.05) is 12.1 Å². The summed E-state index contributed by atoms with van der Waals surface area (Å²) in [6.07, 6.45) is 10.2. The number of ether oxygens (including phenoxy) is 1. The minimum absolute atomic E-state index is 0.0534. The fraction of sp³-hybridized carbons (Fsp3) is 0.577. The van der Waals surface area contributed by atoms with E-state index in [1.54, 1.807) is 13.2 Å². The van der Waals surface area contributed by atoms with Crippen LogP contribution in [0.1, 0.15) is 75.1 Å². The third-order valence-corrected chi connectivity index (χ3v) is 7.13. The quantitative estimate of drug-likeness (QED) is 0.695. The van der Waals surface area contributed by atoms with Crippen LogP contribution in [0.5, 0.6) is 5.75 Å². The molecule has 0 unspecified atom stereocenters. The van der Waals surface area contributed by atoms with Gasteiger partial charge >= 0.3 is 0 Å². The van der Waals surface area contributed by atoms with Crippen LogP contribution < -0.4 is 15.6 Å². The monoisotopic (exact) mass is 437 g/mol. The molecule has 0 saturated heterocycles. The number of nitrogens with one attached hydrogen (secondary N) is 1. The molecule has 1 heterocycles. The number of carbonyl (C=O) groups excluding carboxylic acids is 1. The average molecular weight is 438 g/mol. The fourth-order valence-corrected chi connectivity index (χ4v) is 5.29. The van der Waals surface area contributed by atoms with Gasteiger partial charge in [0.1, 0.15) is 5.75 Å². The van der Waals surface area contributed by atoms with Crippen molar-refractivity contribution in [3.63, 3.8) is 0 Å². The molecule has 172 valence electrons. The van der Waals surface area contributed by atoms with Gasteiger partial charge in [0.15, 0.2) is 0 Å². The van der Waals surface area contributed by atoms with Crippen molar-refractivity contribution < 1.29 is 9.53 Å². The second kappa shape index (κ2) is 9.88. The summed E-state index contributed by atoms with van der Waals surface area (Å²) < 4.78 is 6.84. The van der Waals surface area contributed by atoms with Crippen LogP contribution in [0.25, 0.3) is 0 Å². The van der Waals surface area contributed by atoms with Gasteiger partial charge in [0.25, 0.3) is 5.56 Å². The smallest absolute Gasteiger partial charge is 0.267 e. The first kappa shape index (κ1) is 22.6. The summed E-state index contributed by atoms with van der Waals surface area (Å²) in [5.41, 5.74) is 2.59. The number of aryl methyl sites for hydroxylation is 2. The predicted molar refractivity (Wildman–Crippen MR) is 125 cm³/mol. The van der Waals surface area contributed by atoms with E-state index >= 15 is 0 Å². The predicted octanol–water partition coefficient (Wildman–Crippen LogP) is 3.93. The molecule has 1 N–H and O–H groups in total. The van der Waals surface area contributed by atoms with Crippen LogP contribution in [-0.2, 0) is 29.6 Å². The second-order valence-corrected chi connectivity index (χ2v) is 9.44. The molecule has 6 heteroatoms. The van der Waals surface area contributed by atoms with Gasteiger partial charge in [-0.05, 0) is 68.7 Å². The summed E-state index contributed by atoms with van der Waals surface area (Å²) in [7, 11) is 1.65. The van der Waals surface area contributed by atoms with E-state index in [1.165, 1.54) is 11.1 Å². The van der Waals surface area contributed by atoms with E-state index < -0.39 is 5.41 Å². The SMILES string of the molecule is COc1ccc(C2(C(=O)N[C@@H](C)Cn3nc4c(cc3=O)CCCCC4)CCCCC2)cc1. The van der Waals surface area contributed by atoms with Crippen LogP contribution >= 0.6 is 0 Å². The summed E-state index contributed by atoms with van der Waals surface area (Å²) in [6.45, 7) is 2.35. The Morgan fingerprint density at radius 2 is 1.78 bits per heavy atom. The zero-order valence-electron chi connectivity index (χ0n) is 19.4. The highest BCUT2D eigenvalue weighted by Crippen LogP contribution is 2.40. The van der Waals surface area contributed by atoms with Gasteiger partial charge in [0.05, 0.1) is 24.8 Å². The second-order valence-electron chi connectivity index (χ2n) is 9.44. The molecule has 1 atom stereocenters. The molecule has 2 aromatic rings. The summed E-state index contributed by atoms with van der Waals surface area (Å²) in [4.78, 5) is 26.2. The molecule has 32 heavy (non-hydrogen) atoms. The molecule has 4 rings (SSSR count). The number of hydrogen-bond acceptors (Lipinski definition) is 4. The molecule has 2 aliphatic carbocycles. The number of fused-ring (bicyclic) bond motifs is 1. The maximum absolute atomic E-state index is 13.6. The number of aromatic nitrogens is 2. The Morgan fingerprint density at radius 1 is 1.09 bits per heavy atom. The molecule has 0 aliphatic heterocycles. The van der Waals surface area contributed by atoms with E-state index in [9.17, 15) is 9.59 Å². The summed E-state index contributed by atoms with van der Waals surface area (Å²) in [6, 6.07) is 9.47. The van der Waals surface area contributed by atoms with Gasteiger partial charge in [-0.1, -0.05) is 37.8 Å². The standard InChI is InChI=1S/C26H35N3O3/c1-19(18-29-24(30)17-20-9-5-3-6-10-23(20)28-29)27-25(31)26(15-7-4-8-16-26)21-11-13-22(32-2)14-12-21/h11-14,17,19H,3-10,15-16,18H2,1-2H3,(H,27,31)/t19-/m0/s1. The van der Waals surface area contributed by atoms with Crippen LogP contribution in [0.15, 0.2) is 35.1 Å². The van der Waals surface area contributed by atoms with Gasteiger partial charge < -0.3 is 10.1 Å². The van der Waals surface area contributed by atoms with Crippen molar-refractivity contribution >= 4 is 5.91 Å². The van der Waals surface area contributed by atoms with Crippen LogP contribution in [0, 0.1) is 0 Å². The first-order valence-corrected chi connectivity index (χ1v) is 12.1. The van der Waals surface area contributed by atoms with Crippen molar-refractivity contribution in [2.75, 3.05) is 7.11 Å². The van der Waals surface area contributed by atoms with Gasteiger partial charge in [0.2, 0.25) is 5.91 Å². The lowest BCUT2D eigenvalue weighted by molar-refractivity contribution is -0.128. The minimum Gasteiger partial charge on any atom is -0.497 e. The first-order chi connectivity index (χ1) is 15.5. The maximum atomic E-state index is 13.6. The third-order valence-electron chi connectivity index (χ3n) is 7.13.